The van der Waals surface area contributed by atoms with Gasteiger partial charge < -0.3 is 15.3 Å². The fraction of sp³-hybridized carbons (Fsp3) is 0.476. The van der Waals surface area contributed by atoms with Crippen LogP contribution in [0.25, 0.3) is 0 Å². The molecule has 7 heteroatoms. The topological polar surface area (TPSA) is 93.4 Å². The van der Waals surface area contributed by atoms with Crippen molar-refractivity contribution in [2.24, 2.45) is 5.92 Å². The molecule has 0 spiro atoms. The number of nitrogens with one attached hydrogen (secondary N) is 1. The lowest BCUT2D eigenvalue weighted by Crippen LogP contribution is -2.42. The molecule has 1 fully saturated rings. The van der Waals surface area contributed by atoms with Gasteiger partial charge in [0.1, 0.15) is 17.7 Å². The molecule has 1 atom stereocenters. The fourth-order valence-corrected chi connectivity index (χ4v) is 3.75. The van der Waals surface area contributed by atoms with Crippen LogP contribution in [0.4, 0.5) is 0 Å². The maximum Gasteiger partial charge on any atom is 0.326 e. The van der Waals surface area contributed by atoms with Gasteiger partial charge in [-0.05, 0) is 49.2 Å². The number of hydrogen-bond acceptors (Lipinski definition) is 5. The minimum Gasteiger partial charge on any atom is -0.480 e. The number of carboxylic acids is 1. The minimum absolute atomic E-state index is 0.0445. The van der Waals surface area contributed by atoms with Gasteiger partial charge in [-0.15, -0.1) is 0 Å². The minimum atomic E-state index is -1.08. The van der Waals surface area contributed by atoms with Crippen LogP contribution in [-0.2, 0) is 16.0 Å². The lowest BCUT2D eigenvalue weighted by atomic mass is 9.90. The molecule has 150 valence electrons. The zero-order chi connectivity index (χ0) is 20.4. The van der Waals surface area contributed by atoms with Gasteiger partial charge in [0.2, 0.25) is 0 Å². The van der Waals surface area contributed by atoms with Crippen molar-refractivity contribution in [2.45, 2.75) is 31.7 Å². The van der Waals surface area contributed by atoms with Crippen LogP contribution in [0.15, 0.2) is 42.1 Å². The van der Waals surface area contributed by atoms with E-state index in [-0.39, 0.29) is 5.57 Å². The first-order valence-electron chi connectivity index (χ1n) is 9.46. The molecule has 28 heavy (non-hydrogen) atoms. The average molecular weight is 402 g/mol. The number of aliphatic carboxylic acids is 1. The zero-order valence-corrected chi connectivity index (χ0v) is 17.0. The molecular weight excluding hydrogens is 374 g/mol. The Kier molecular flexibility index (Phi) is 8.89. The molecule has 1 amide bonds. The number of likely N-dealkylation sites (tertiary alicyclic amines) is 1. The highest BCUT2D eigenvalue weighted by atomic mass is 32.2. The maximum absolute atomic E-state index is 12.3. The van der Waals surface area contributed by atoms with Crippen molar-refractivity contribution in [3.05, 3.63) is 47.7 Å². The quantitative estimate of drug-likeness (QED) is 0.488. The highest BCUT2D eigenvalue weighted by Crippen LogP contribution is 2.22. The third-order valence-corrected chi connectivity index (χ3v) is 5.55. The lowest BCUT2D eigenvalue weighted by molar-refractivity contribution is -0.141. The molecule has 0 radical (unpaired) electrons. The Labute approximate surface area is 170 Å². The predicted octanol–water partition coefficient (Wildman–Crippen LogP) is 2.67. The molecule has 1 heterocycles. The first kappa shape index (κ1) is 21.8. The van der Waals surface area contributed by atoms with E-state index in [1.165, 1.54) is 17.3 Å². The van der Waals surface area contributed by atoms with E-state index in [1.807, 2.05) is 23.3 Å². The summed E-state index contributed by atoms with van der Waals surface area (Å²) in [5.74, 6) is -0.490. The molecule has 1 saturated heterocycles. The van der Waals surface area contributed by atoms with E-state index in [4.69, 9.17) is 0 Å². The molecular formula is C21H27N3O3S. The monoisotopic (exact) mass is 401 g/mol. The van der Waals surface area contributed by atoms with Crippen LogP contribution in [0.2, 0.25) is 0 Å². The summed E-state index contributed by atoms with van der Waals surface area (Å²) < 4.78 is 0. The van der Waals surface area contributed by atoms with Crippen LogP contribution in [-0.4, -0.2) is 53.0 Å². The van der Waals surface area contributed by atoms with Gasteiger partial charge in [-0.25, -0.2) is 4.79 Å². The van der Waals surface area contributed by atoms with Crippen LogP contribution in [0.3, 0.4) is 0 Å². The number of nitriles is 1. The molecule has 1 aromatic carbocycles. The Balaban J connectivity index is 1.89. The largest absolute Gasteiger partial charge is 0.480 e. The lowest BCUT2D eigenvalue weighted by Gasteiger charge is -2.31. The van der Waals surface area contributed by atoms with Crippen LogP contribution in [0.1, 0.15) is 24.8 Å². The number of carboxylic acid groups (broad SMARTS) is 1. The normalized spacial score (nSPS) is 16.3. The van der Waals surface area contributed by atoms with Crippen molar-refractivity contribution in [1.82, 2.24) is 10.2 Å². The number of piperidine rings is 1. The number of benzene rings is 1. The van der Waals surface area contributed by atoms with Crippen molar-refractivity contribution < 1.29 is 14.7 Å². The van der Waals surface area contributed by atoms with E-state index in [2.05, 4.69) is 29.6 Å². The second kappa shape index (κ2) is 11.4. The van der Waals surface area contributed by atoms with Crippen LogP contribution in [0, 0.1) is 17.2 Å². The number of hydrogen-bond donors (Lipinski definition) is 2. The molecule has 1 aromatic rings. The van der Waals surface area contributed by atoms with Gasteiger partial charge in [-0.2, -0.15) is 17.0 Å². The Hall–Kier alpha value is -2.46. The summed E-state index contributed by atoms with van der Waals surface area (Å²) in [6.45, 7) is 1.57. The van der Waals surface area contributed by atoms with Gasteiger partial charge in [0.15, 0.2) is 0 Å². The number of rotatable bonds is 9. The predicted molar refractivity (Wildman–Crippen MR) is 111 cm³/mol. The van der Waals surface area contributed by atoms with Crippen LogP contribution < -0.4 is 5.32 Å². The Bertz CT molecular complexity index is 722. The Morgan fingerprint density at radius 1 is 1.36 bits per heavy atom. The third kappa shape index (κ3) is 6.93. The number of carbonyl (C=O) groups excluding carboxylic acids is 1. The highest BCUT2D eigenvalue weighted by molar-refractivity contribution is 7.98. The highest BCUT2D eigenvalue weighted by Gasteiger charge is 2.23. The van der Waals surface area contributed by atoms with E-state index in [0.717, 1.165) is 32.4 Å². The first-order valence-corrected chi connectivity index (χ1v) is 10.9. The number of thioether (sulfide) groups is 1. The molecule has 2 N–H and O–H groups in total. The number of carbonyl (C=O) groups is 2. The van der Waals surface area contributed by atoms with E-state index in [9.17, 15) is 20.0 Å². The summed E-state index contributed by atoms with van der Waals surface area (Å²) in [5, 5.41) is 21.0. The smallest absolute Gasteiger partial charge is 0.326 e. The van der Waals surface area contributed by atoms with Crippen molar-refractivity contribution in [3.63, 3.8) is 0 Å². The SMILES string of the molecule is CSCCC(NC(=O)/C(C#N)=C\N1CCC(Cc2ccccc2)CC1)C(=O)O. The molecule has 2 rings (SSSR count). The fourth-order valence-electron chi connectivity index (χ4n) is 3.28. The molecule has 6 nitrogen and oxygen atoms in total. The molecule has 0 bridgehead atoms. The van der Waals surface area contributed by atoms with Gasteiger partial charge in [-0.1, -0.05) is 30.3 Å². The third-order valence-electron chi connectivity index (χ3n) is 4.91. The first-order chi connectivity index (χ1) is 13.5. The molecule has 0 aromatic heterocycles. The van der Waals surface area contributed by atoms with Gasteiger partial charge in [0.25, 0.3) is 5.91 Å². The maximum atomic E-state index is 12.3. The summed E-state index contributed by atoms with van der Waals surface area (Å²) in [7, 11) is 0. The van der Waals surface area contributed by atoms with Gasteiger partial charge in [-0.3, -0.25) is 4.79 Å². The molecule has 0 aliphatic carbocycles. The molecule has 1 aliphatic rings. The van der Waals surface area contributed by atoms with E-state index >= 15 is 0 Å². The van der Waals surface area contributed by atoms with Crippen molar-refractivity contribution in [3.8, 4) is 6.07 Å². The van der Waals surface area contributed by atoms with E-state index in [0.29, 0.717) is 18.1 Å². The summed E-state index contributed by atoms with van der Waals surface area (Å²) in [5.41, 5.74) is 1.29. The number of amides is 1. The van der Waals surface area contributed by atoms with Crippen LogP contribution >= 0.6 is 11.8 Å². The molecule has 1 unspecified atom stereocenters. The van der Waals surface area contributed by atoms with Crippen molar-refractivity contribution in [1.29, 1.82) is 5.26 Å². The second-order valence-corrected chi connectivity index (χ2v) is 7.96. The van der Waals surface area contributed by atoms with Gasteiger partial charge >= 0.3 is 5.97 Å². The van der Waals surface area contributed by atoms with Crippen molar-refractivity contribution >= 4 is 23.6 Å². The molecule has 1 aliphatic heterocycles. The second-order valence-electron chi connectivity index (χ2n) is 6.97. The Morgan fingerprint density at radius 3 is 2.61 bits per heavy atom. The Morgan fingerprint density at radius 2 is 2.04 bits per heavy atom. The van der Waals surface area contributed by atoms with E-state index < -0.39 is 17.9 Å². The van der Waals surface area contributed by atoms with Gasteiger partial charge in [0.05, 0.1) is 0 Å². The summed E-state index contributed by atoms with van der Waals surface area (Å²) in [6, 6.07) is 11.3. The summed E-state index contributed by atoms with van der Waals surface area (Å²) in [4.78, 5) is 25.6. The standard InChI is InChI=1S/C21H27N3O3S/c1-28-12-9-19(21(26)27)23-20(25)18(14-22)15-24-10-7-17(8-11-24)13-16-5-3-2-4-6-16/h2-6,15,17,19H,7-13H2,1H3,(H,23,25)(H,26,27)/b18-15-. The van der Waals surface area contributed by atoms with Crippen LogP contribution in [0.5, 0.6) is 0 Å². The van der Waals surface area contributed by atoms with Gasteiger partial charge in [0, 0.05) is 19.3 Å². The summed E-state index contributed by atoms with van der Waals surface area (Å²) >= 11 is 1.52. The molecule has 0 saturated carbocycles. The van der Waals surface area contributed by atoms with Crippen molar-refractivity contribution in [2.75, 3.05) is 25.1 Å². The summed E-state index contributed by atoms with van der Waals surface area (Å²) in [6.07, 6.45) is 6.81. The van der Waals surface area contributed by atoms with E-state index in [1.54, 1.807) is 6.20 Å². The average Bonchev–Trinajstić information content (AvgIpc) is 2.71. The number of nitrogens with zero attached hydrogens (tertiary/aromatic N) is 2. The zero-order valence-electron chi connectivity index (χ0n) is 16.1.